The van der Waals surface area contributed by atoms with Crippen LogP contribution in [0.25, 0.3) is 0 Å². The van der Waals surface area contributed by atoms with Gasteiger partial charge < -0.3 is 20.5 Å². The maximum Gasteiger partial charge on any atom is 0.320 e. The molecule has 0 aromatic heterocycles. The number of anilines is 1. The molecule has 1 aliphatic rings. The van der Waals surface area contributed by atoms with Crippen LogP contribution in [0.4, 0.5) is 5.69 Å². The Morgan fingerprint density at radius 3 is 2.75 bits per heavy atom. The van der Waals surface area contributed by atoms with E-state index in [2.05, 4.69) is 24.0 Å². The predicted molar refractivity (Wildman–Crippen MR) is 78.2 cm³/mol. The molecule has 1 fully saturated rings. The lowest BCUT2D eigenvalue weighted by atomic mass is 10.0. The summed E-state index contributed by atoms with van der Waals surface area (Å²) in [5, 5.41) is 8.88. The molecule has 5 nitrogen and oxygen atoms in total. The van der Waals surface area contributed by atoms with Crippen molar-refractivity contribution in [3.63, 3.8) is 0 Å². The minimum absolute atomic E-state index is 0.367. The van der Waals surface area contributed by atoms with Gasteiger partial charge in [0.15, 0.2) is 0 Å². The highest BCUT2D eigenvalue weighted by Crippen LogP contribution is 2.24. The first-order valence-corrected chi connectivity index (χ1v) is 7.04. The van der Waals surface area contributed by atoms with Crippen LogP contribution in [0.15, 0.2) is 18.2 Å². The van der Waals surface area contributed by atoms with Crippen molar-refractivity contribution < 1.29 is 14.6 Å². The molecular weight excluding hydrogens is 256 g/mol. The number of morpholine rings is 1. The van der Waals surface area contributed by atoms with E-state index in [1.165, 1.54) is 11.3 Å². The molecule has 1 aromatic rings. The molecule has 0 saturated carbocycles. The summed E-state index contributed by atoms with van der Waals surface area (Å²) in [6.45, 7) is 5.44. The lowest BCUT2D eigenvalue weighted by Crippen LogP contribution is -2.37. The molecule has 1 unspecified atom stereocenters. The van der Waals surface area contributed by atoms with Gasteiger partial charge in [0.25, 0.3) is 0 Å². The highest BCUT2D eigenvalue weighted by molar-refractivity contribution is 5.73. The van der Waals surface area contributed by atoms with Gasteiger partial charge in [-0.2, -0.15) is 0 Å². The number of carbonyl (C=O) groups is 1. The van der Waals surface area contributed by atoms with Crippen LogP contribution >= 0.6 is 0 Å². The second-order valence-electron chi connectivity index (χ2n) is 5.06. The summed E-state index contributed by atoms with van der Waals surface area (Å²) in [4.78, 5) is 13.1. The largest absolute Gasteiger partial charge is 0.480 e. The zero-order valence-corrected chi connectivity index (χ0v) is 11.8. The van der Waals surface area contributed by atoms with Crippen LogP contribution in [0, 0.1) is 0 Å². The molecule has 1 saturated heterocycles. The van der Waals surface area contributed by atoms with Gasteiger partial charge >= 0.3 is 5.97 Å². The molecule has 0 bridgehead atoms. The smallest absolute Gasteiger partial charge is 0.320 e. The molecule has 0 radical (unpaired) electrons. The van der Waals surface area contributed by atoms with Crippen molar-refractivity contribution in [2.75, 3.05) is 31.2 Å². The topological polar surface area (TPSA) is 75.8 Å². The van der Waals surface area contributed by atoms with Crippen LogP contribution in [0.2, 0.25) is 0 Å². The van der Waals surface area contributed by atoms with Crippen molar-refractivity contribution in [2.45, 2.75) is 25.8 Å². The van der Waals surface area contributed by atoms with Crippen molar-refractivity contribution in [1.82, 2.24) is 0 Å². The molecule has 1 heterocycles. The molecule has 0 amide bonds. The van der Waals surface area contributed by atoms with Gasteiger partial charge in [0.05, 0.1) is 13.2 Å². The Bertz CT molecular complexity index is 470. The first-order valence-electron chi connectivity index (χ1n) is 7.04. The molecule has 1 atom stereocenters. The van der Waals surface area contributed by atoms with Crippen LogP contribution < -0.4 is 10.6 Å². The van der Waals surface area contributed by atoms with E-state index in [1.807, 2.05) is 6.07 Å². The molecule has 2 rings (SSSR count). The molecule has 20 heavy (non-hydrogen) atoms. The van der Waals surface area contributed by atoms with Gasteiger partial charge in [0.2, 0.25) is 0 Å². The number of nitrogens with two attached hydrogens (primary N) is 1. The number of carboxylic acids is 1. The lowest BCUT2D eigenvalue weighted by molar-refractivity contribution is -0.138. The monoisotopic (exact) mass is 278 g/mol. The fourth-order valence-corrected chi connectivity index (χ4v) is 2.50. The second kappa shape index (κ2) is 6.72. The van der Waals surface area contributed by atoms with Gasteiger partial charge in [-0.05, 0) is 30.0 Å². The highest BCUT2D eigenvalue weighted by Gasteiger charge is 2.16. The maximum absolute atomic E-state index is 10.8. The molecule has 1 aromatic carbocycles. The Hall–Kier alpha value is -1.59. The van der Waals surface area contributed by atoms with E-state index in [0.717, 1.165) is 38.3 Å². The number of rotatable bonds is 5. The van der Waals surface area contributed by atoms with E-state index >= 15 is 0 Å². The van der Waals surface area contributed by atoms with E-state index in [1.54, 1.807) is 0 Å². The second-order valence-corrected chi connectivity index (χ2v) is 5.06. The van der Waals surface area contributed by atoms with Gasteiger partial charge in [0.1, 0.15) is 6.04 Å². The Kier molecular flexibility index (Phi) is 4.98. The molecular formula is C15H22N2O3. The number of aliphatic carboxylic acids is 1. The normalized spacial score (nSPS) is 17.0. The Morgan fingerprint density at radius 2 is 2.15 bits per heavy atom. The number of hydrogen-bond acceptors (Lipinski definition) is 4. The Balaban J connectivity index is 2.16. The summed E-state index contributed by atoms with van der Waals surface area (Å²) < 4.78 is 5.37. The van der Waals surface area contributed by atoms with E-state index in [4.69, 9.17) is 15.6 Å². The van der Waals surface area contributed by atoms with Crippen molar-refractivity contribution in [1.29, 1.82) is 0 Å². The quantitative estimate of drug-likeness (QED) is 0.841. The number of aryl methyl sites for hydroxylation is 1. The van der Waals surface area contributed by atoms with Crippen LogP contribution in [-0.2, 0) is 22.4 Å². The first-order chi connectivity index (χ1) is 9.61. The molecule has 110 valence electrons. The van der Waals surface area contributed by atoms with E-state index < -0.39 is 12.0 Å². The van der Waals surface area contributed by atoms with E-state index in [9.17, 15) is 4.79 Å². The summed E-state index contributed by atoms with van der Waals surface area (Å²) in [6, 6.07) is 5.29. The SMILES string of the molecule is CCc1cc(CC(N)C(=O)O)ccc1N1CCOCC1. The minimum Gasteiger partial charge on any atom is -0.480 e. The van der Waals surface area contributed by atoms with Crippen molar-refractivity contribution >= 4 is 11.7 Å². The first kappa shape index (κ1) is 14.8. The van der Waals surface area contributed by atoms with Crippen molar-refractivity contribution in [3.05, 3.63) is 29.3 Å². The minimum atomic E-state index is -0.958. The Morgan fingerprint density at radius 1 is 1.45 bits per heavy atom. The van der Waals surface area contributed by atoms with Crippen LogP contribution in [0.1, 0.15) is 18.1 Å². The third kappa shape index (κ3) is 3.49. The third-order valence-corrected chi connectivity index (χ3v) is 3.65. The predicted octanol–water partition coefficient (Wildman–Crippen LogP) is 1.04. The fourth-order valence-electron chi connectivity index (χ4n) is 2.50. The van der Waals surface area contributed by atoms with E-state index in [-0.39, 0.29) is 0 Å². The third-order valence-electron chi connectivity index (χ3n) is 3.65. The van der Waals surface area contributed by atoms with Crippen LogP contribution in [0.5, 0.6) is 0 Å². The van der Waals surface area contributed by atoms with Gasteiger partial charge in [0, 0.05) is 18.8 Å². The number of benzene rings is 1. The number of nitrogens with zero attached hydrogens (tertiary/aromatic N) is 1. The lowest BCUT2D eigenvalue weighted by Gasteiger charge is -2.30. The highest BCUT2D eigenvalue weighted by atomic mass is 16.5. The average molecular weight is 278 g/mol. The molecule has 3 N–H and O–H groups in total. The number of carboxylic acid groups (broad SMARTS) is 1. The summed E-state index contributed by atoms with van der Waals surface area (Å²) >= 11 is 0. The van der Waals surface area contributed by atoms with Crippen LogP contribution in [0.3, 0.4) is 0 Å². The standard InChI is InChI=1S/C15H22N2O3/c1-2-12-9-11(10-13(16)15(18)19)3-4-14(12)17-5-7-20-8-6-17/h3-4,9,13H,2,5-8,10,16H2,1H3,(H,18,19). The van der Waals surface area contributed by atoms with Gasteiger partial charge in [-0.1, -0.05) is 19.1 Å². The van der Waals surface area contributed by atoms with Gasteiger partial charge in [-0.25, -0.2) is 0 Å². The number of hydrogen-bond donors (Lipinski definition) is 2. The number of ether oxygens (including phenoxy) is 1. The zero-order valence-electron chi connectivity index (χ0n) is 11.8. The van der Waals surface area contributed by atoms with Crippen molar-refractivity contribution in [3.8, 4) is 0 Å². The summed E-state index contributed by atoms with van der Waals surface area (Å²) in [6.07, 6.45) is 1.29. The van der Waals surface area contributed by atoms with E-state index in [0.29, 0.717) is 6.42 Å². The Labute approximate surface area is 119 Å². The molecule has 0 spiro atoms. The zero-order chi connectivity index (χ0) is 14.5. The molecule has 1 aliphatic heterocycles. The molecule has 5 heteroatoms. The fraction of sp³-hybridized carbons (Fsp3) is 0.533. The summed E-state index contributed by atoms with van der Waals surface area (Å²) in [7, 11) is 0. The average Bonchev–Trinajstić information content (AvgIpc) is 2.47. The maximum atomic E-state index is 10.8. The summed E-state index contributed by atoms with van der Waals surface area (Å²) in [5.74, 6) is -0.958. The van der Waals surface area contributed by atoms with Crippen LogP contribution in [-0.4, -0.2) is 43.4 Å². The summed E-state index contributed by atoms with van der Waals surface area (Å²) in [5.41, 5.74) is 9.04. The van der Waals surface area contributed by atoms with Gasteiger partial charge in [-0.3, -0.25) is 4.79 Å². The molecule has 0 aliphatic carbocycles. The van der Waals surface area contributed by atoms with Crippen molar-refractivity contribution in [2.24, 2.45) is 5.73 Å². The van der Waals surface area contributed by atoms with Gasteiger partial charge in [-0.15, -0.1) is 0 Å².